The Bertz CT molecular complexity index is 1190. The fourth-order valence-electron chi connectivity index (χ4n) is 3.23. The second-order valence-corrected chi connectivity index (χ2v) is 7.73. The van der Waals surface area contributed by atoms with Crippen LogP contribution in [0.25, 0.3) is 5.69 Å². The van der Waals surface area contributed by atoms with E-state index in [-0.39, 0.29) is 30.3 Å². The van der Waals surface area contributed by atoms with Gasteiger partial charge < -0.3 is 9.64 Å². The summed E-state index contributed by atoms with van der Waals surface area (Å²) in [6.45, 7) is 0.810. The van der Waals surface area contributed by atoms with Crippen molar-refractivity contribution in [1.29, 1.82) is 0 Å². The molecule has 13 heteroatoms. The summed E-state index contributed by atoms with van der Waals surface area (Å²) in [5.74, 6) is -0.598. The van der Waals surface area contributed by atoms with Crippen molar-refractivity contribution in [2.24, 2.45) is 0 Å². The number of aromatic nitrogens is 5. The summed E-state index contributed by atoms with van der Waals surface area (Å²) in [6, 6.07) is 5.45. The van der Waals surface area contributed by atoms with E-state index in [2.05, 4.69) is 15.4 Å². The van der Waals surface area contributed by atoms with E-state index in [1.165, 1.54) is 29.1 Å². The number of halogens is 5. The van der Waals surface area contributed by atoms with E-state index in [9.17, 15) is 22.4 Å². The van der Waals surface area contributed by atoms with Gasteiger partial charge in [-0.15, -0.1) is 5.10 Å². The molecular formula is C19H17ClF4N6O2. The van der Waals surface area contributed by atoms with Crippen LogP contribution in [0, 0.1) is 12.7 Å². The number of rotatable bonds is 6. The Morgan fingerprint density at radius 3 is 2.66 bits per heavy atom. The highest BCUT2D eigenvalue weighted by atomic mass is 35.5. The molecule has 0 radical (unpaired) electrons. The second-order valence-electron chi connectivity index (χ2n) is 7.29. The van der Waals surface area contributed by atoms with E-state index in [1.54, 1.807) is 11.8 Å². The van der Waals surface area contributed by atoms with Gasteiger partial charge in [-0.25, -0.2) is 13.8 Å². The first-order valence-electron chi connectivity index (χ1n) is 9.48. The Kier molecular flexibility index (Phi) is 5.91. The third-order valence-corrected chi connectivity index (χ3v) is 5.18. The van der Waals surface area contributed by atoms with Crippen molar-refractivity contribution in [2.45, 2.75) is 25.7 Å². The van der Waals surface area contributed by atoms with Crippen molar-refractivity contribution in [2.75, 3.05) is 24.6 Å². The zero-order valence-electron chi connectivity index (χ0n) is 16.7. The molecule has 170 valence electrons. The molecule has 2 aromatic heterocycles. The summed E-state index contributed by atoms with van der Waals surface area (Å²) in [4.78, 5) is 14.3. The monoisotopic (exact) mass is 472 g/mol. The fourth-order valence-corrected chi connectivity index (χ4v) is 3.39. The molecule has 0 atom stereocenters. The molecule has 3 heterocycles. The number of ether oxygens (including phenoxy) is 1. The molecule has 3 aromatic rings. The van der Waals surface area contributed by atoms with Crippen LogP contribution in [-0.2, 0) is 11.3 Å². The average Bonchev–Trinajstić information content (AvgIpc) is 3.02. The van der Waals surface area contributed by atoms with Crippen molar-refractivity contribution >= 4 is 17.3 Å². The minimum absolute atomic E-state index is 0.0165. The predicted molar refractivity (Wildman–Crippen MR) is 107 cm³/mol. The molecule has 1 aliphatic heterocycles. The van der Waals surface area contributed by atoms with Crippen LogP contribution in [-0.4, -0.2) is 56.8 Å². The maximum absolute atomic E-state index is 14.3. The molecule has 0 spiro atoms. The zero-order chi connectivity index (χ0) is 23.0. The first-order valence-corrected chi connectivity index (χ1v) is 9.85. The lowest BCUT2D eigenvalue weighted by Crippen LogP contribution is -2.53. The van der Waals surface area contributed by atoms with Crippen molar-refractivity contribution in [3.05, 3.63) is 63.0 Å². The summed E-state index contributed by atoms with van der Waals surface area (Å²) in [6.07, 6.45) is -3.50. The molecule has 0 aliphatic carbocycles. The quantitative estimate of drug-likeness (QED) is 0.513. The van der Waals surface area contributed by atoms with Crippen LogP contribution in [0.1, 0.15) is 11.4 Å². The van der Waals surface area contributed by atoms with E-state index >= 15 is 0 Å². The van der Waals surface area contributed by atoms with E-state index in [4.69, 9.17) is 16.3 Å². The van der Waals surface area contributed by atoms with Gasteiger partial charge in [0.05, 0.1) is 35.9 Å². The topological polar surface area (TPSA) is 78.1 Å². The van der Waals surface area contributed by atoms with Gasteiger partial charge in [0.2, 0.25) is 0 Å². The summed E-state index contributed by atoms with van der Waals surface area (Å²) >= 11 is 5.80. The van der Waals surface area contributed by atoms with Gasteiger partial charge in [0, 0.05) is 24.2 Å². The van der Waals surface area contributed by atoms with Gasteiger partial charge in [-0.3, -0.25) is 4.79 Å². The summed E-state index contributed by atoms with van der Waals surface area (Å²) in [5.41, 5.74) is 1.11. The van der Waals surface area contributed by atoms with E-state index in [0.717, 1.165) is 10.7 Å². The first kappa shape index (κ1) is 22.2. The summed E-state index contributed by atoms with van der Waals surface area (Å²) in [5, 5.41) is 12.3. The first-order chi connectivity index (χ1) is 15.1. The Morgan fingerprint density at radius 2 is 2.00 bits per heavy atom. The van der Waals surface area contributed by atoms with Crippen LogP contribution >= 0.6 is 11.6 Å². The van der Waals surface area contributed by atoms with Crippen LogP contribution in [0.2, 0.25) is 5.02 Å². The Morgan fingerprint density at radius 1 is 1.25 bits per heavy atom. The molecule has 0 bridgehead atoms. The molecular weight excluding hydrogens is 456 g/mol. The van der Waals surface area contributed by atoms with Gasteiger partial charge in [-0.1, -0.05) is 16.8 Å². The lowest BCUT2D eigenvalue weighted by atomic mass is 10.1. The van der Waals surface area contributed by atoms with Crippen molar-refractivity contribution in [3.63, 3.8) is 0 Å². The molecule has 0 saturated carbocycles. The number of nitrogens with zero attached hydrogens (tertiary/aromatic N) is 6. The minimum Gasteiger partial charge on any atom is -0.365 e. The lowest BCUT2D eigenvalue weighted by Gasteiger charge is -2.40. The predicted octanol–water partition coefficient (Wildman–Crippen LogP) is 2.74. The Hall–Kier alpha value is -2.99. The van der Waals surface area contributed by atoms with Gasteiger partial charge >= 0.3 is 6.18 Å². The molecule has 0 amide bonds. The largest absolute Gasteiger partial charge is 0.411 e. The number of aryl methyl sites for hydroxylation is 1. The van der Waals surface area contributed by atoms with E-state index < -0.39 is 30.3 Å². The second kappa shape index (κ2) is 8.51. The van der Waals surface area contributed by atoms with E-state index in [1.807, 2.05) is 0 Å². The highest BCUT2D eigenvalue weighted by Crippen LogP contribution is 2.24. The zero-order valence-corrected chi connectivity index (χ0v) is 17.4. The number of alkyl halides is 3. The number of anilines is 1. The SMILES string of the molecule is Cc1nnn(-c2ccc(Cl)cc2F)c1Cn1ncc(N2CC(OCC(F)(F)F)C2)cc1=O. The number of benzene rings is 1. The molecule has 1 saturated heterocycles. The molecule has 1 aromatic carbocycles. The van der Waals surface area contributed by atoms with Crippen LogP contribution in [0.15, 0.2) is 35.3 Å². The third kappa shape index (κ3) is 4.75. The van der Waals surface area contributed by atoms with Crippen molar-refractivity contribution < 1.29 is 22.3 Å². The average molecular weight is 473 g/mol. The molecule has 32 heavy (non-hydrogen) atoms. The fraction of sp³-hybridized carbons (Fsp3) is 0.368. The van der Waals surface area contributed by atoms with Gasteiger partial charge in [0.15, 0.2) is 0 Å². The Labute approximate surface area is 184 Å². The highest BCUT2D eigenvalue weighted by molar-refractivity contribution is 6.30. The van der Waals surface area contributed by atoms with Crippen LogP contribution in [0.4, 0.5) is 23.2 Å². The molecule has 0 N–H and O–H groups in total. The Balaban J connectivity index is 1.48. The lowest BCUT2D eigenvalue weighted by molar-refractivity contribution is -0.187. The normalized spacial score (nSPS) is 14.6. The smallest absolute Gasteiger partial charge is 0.365 e. The highest BCUT2D eigenvalue weighted by Gasteiger charge is 2.34. The van der Waals surface area contributed by atoms with Gasteiger partial charge in [0.1, 0.15) is 18.1 Å². The maximum atomic E-state index is 14.3. The van der Waals surface area contributed by atoms with Crippen LogP contribution < -0.4 is 10.5 Å². The molecule has 1 fully saturated rings. The summed E-state index contributed by atoms with van der Waals surface area (Å²) < 4.78 is 58.2. The maximum Gasteiger partial charge on any atom is 0.411 e. The third-order valence-electron chi connectivity index (χ3n) is 4.95. The molecule has 0 unspecified atom stereocenters. The van der Waals surface area contributed by atoms with Crippen LogP contribution in [0.3, 0.4) is 0 Å². The van der Waals surface area contributed by atoms with Crippen LogP contribution in [0.5, 0.6) is 0 Å². The van der Waals surface area contributed by atoms with Gasteiger partial charge in [-0.05, 0) is 25.1 Å². The minimum atomic E-state index is -4.38. The standard InChI is InChI=1S/C19H17ClF4N6O2/c1-11-17(30(27-26-11)16-3-2-12(20)4-15(16)21)9-29-18(31)5-13(6-25-29)28-7-14(8-28)32-10-19(22,23)24/h2-6,14H,7-10H2,1H3. The van der Waals surface area contributed by atoms with Crippen molar-refractivity contribution in [3.8, 4) is 5.69 Å². The van der Waals surface area contributed by atoms with Gasteiger partial charge in [-0.2, -0.15) is 18.3 Å². The molecule has 4 rings (SSSR count). The molecule has 8 nitrogen and oxygen atoms in total. The number of hydrogen-bond donors (Lipinski definition) is 0. The van der Waals surface area contributed by atoms with Crippen molar-refractivity contribution in [1.82, 2.24) is 24.8 Å². The van der Waals surface area contributed by atoms with Gasteiger partial charge in [0.25, 0.3) is 5.56 Å². The summed E-state index contributed by atoms with van der Waals surface area (Å²) in [7, 11) is 0. The molecule has 1 aliphatic rings. The number of hydrogen-bond acceptors (Lipinski definition) is 6. The van der Waals surface area contributed by atoms with E-state index in [0.29, 0.717) is 17.1 Å².